The summed E-state index contributed by atoms with van der Waals surface area (Å²) in [7, 11) is 0. The first kappa shape index (κ1) is 14.8. The first-order chi connectivity index (χ1) is 9.41. The quantitative estimate of drug-likeness (QED) is 0.866. The van der Waals surface area contributed by atoms with E-state index >= 15 is 0 Å². The Hall–Kier alpha value is -1.56. The van der Waals surface area contributed by atoms with Gasteiger partial charge in [-0.15, -0.1) is 0 Å². The zero-order valence-electron chi connectivity index (χ0n) is 11.4. The molecular weight excluding hydrogens is 269 g/mol. The molecule has 0 saturated carbocycles. The zero-order valence-corrected chi connectivity index (χ0v) is 11.4. The number of nitrogens with one attached hydrogen (secondary N) is 1. The summed E-state index contributed by atoms with van der Waals surface area (Å²) in [6.45, 7) is 4.12. The Bertz CT molecular complexity index is 519. The number of nitrogens with zero attached hydrogens (tertiary/aromatic N) is 1. The fourth-order valence-corrected chi connectivity index (χ4v) is 2.40. The molecule has 0 spiro atoms. The third-order valence-electron chi connectivity index (χ3n) is 3.28. The van der Waals surface area contributed by atoms with Crippen LogP contribution in [0, 0.1) is 17.5 Å². The van der Waals surface area contributed by atoms with Crippen molar-refractivity contribution in [2.24, 2.45) is 0 Å². The summed E-state index contributed by atoms with van der Waals surface area (Å²) in [4.78, 5) is 13.5. The second-order valence-electron chi connectivity index (χ2n) is 5.20. The van der Waals surface area contributed by atoms with E-state index < -0.39 is 23.5 Å². The highest BCUT2D eigenvalue weighted by Crippen LogP contribution is 2.27. The van der Waals surface area contributed by atoms with E-state index in [-0.39, 0.29) is 17.6 Å². The fraction of sp³-hybridized carbons (Fsp3) is 0.500. The Balaban J connectivity index is 2.28. The molecule has 1 aliphatic rings. The normalized spacial score (nSPS) is 19.8. The maximum atomic E-state index is 13.8. The molecule has 2 rings (SSSR count). The summed E-state index contributed by atoms with van der Waals surface area (Å²) in [6, 6.07) is 1.62. The van der Waals surface area contributed by atoms with Crippen molar-refractivity contribution in [2.45, 2.75) is 38.8 Å². The molecule has 1 fully saturated rings. The van der Waals surface area contributed by atoms with Crippen LogP contribution in [0.15, 0.2) is 12.1 Å². The molecule has 0 radical (unpaired) electrons. The van der Waals surface area contributed by atoms with Gasteiger partial charge >= 0.3 is 0 Å². The van der Waals surface area contributed by atoms with E-state index in [9.17, 15) is 18.0 Å². The van der Waals surface area contributed by atoms with Crippen LogP contribution in [-0.2, 0) is 4.79 Å². The molecule has 0 bridgehead atoms. The number of amides is 1. The van der Waals surface area contributed by atoms with Gasteiger partial charge < -0.3 is 10.2 Å². The predicted octanol–water partition coefficient (Wildman–Crippen LogP) is 2.60. The number of carbonyl (C=O) groups is 1. The van der Waals surface area contributed by atoms with E-state index in [0.717, 1.165) is 12.1 Å². The predicted molar refractivity (Wildman–Crippen MR) is 70.0 cm³/mol. The van der Waals surface area contributed by atoms with Crippen molar-refractivity contribution in [3.63, 3.8) is 0 Å². The second kappa shape index (κ2) is 5.83. The van der Waals surface area contributed by atoms with E-state index in [4.69, 9.17) is 0 Å². The van der Waals surface area contributed by atoms with Gasteiger partial charge in [-0.05, 0) is 25.0 Å². The average molecular weight is 286 g/mol. The largest absolute Gasteiger partial charge is 0.308 e. The van der Waals surface area contributed by atoms with E-state index in [1.165, 1.54) is 4.90 Å². The third kappa shape index (κ3) is 2.80. The van der Waals surface area contributed by atoms with Crippen molar-refractivity contribution in [3.8, 4) is 0 Å². The Labute approximate surface area is 115 Å². The SMILES string of the molecule is CC(C)NC1CCCN(c2ccc(F)c(F)c2F)C1=O. The van der Waals surface area contributed by atoms with Gasteiger partial charge in [0.1, 0.15) is 0 Å². The van der Waals surface area contributed by atoms with Crippen molar-refractivity contribution >= 4 is 11.6 Å². The minimum absolute atomic E-state index is 0.110. The number of hydrogen-bond acceptors (Lipinski definition) is 2. The van der Waals surface area contributed by atoms with Crippen LogP contribution in [-0.4, -0.2) is 24.5 Å². The second-order valence-corrected chi connectivity index (χ2v) is 5.20. The summed E-state index contributed by atoms with van der Waals surface area (Å²) < 4.78 is 40.0. The number of halogens is 3. The minimum Gasteiger partial charge on any atom is -0.308 e. The highest BCUT2D eigenvalue weighted by atomic mass is 19.2. The molecule has 1 saturated heterocycles. The standard InChI is InChI=1S/C14H17F3N2O/c1-8(2)18-10-4-3-7-19(14(10)20)11-6-5-9(15)12(16)13(11)17/h5-6,8,10,18H,3-4,7H2,1-2H3. The molecule has 1 heterocycles. The van der Waals surface area contributed by atoms with E-state index in [0.29, 0.717) is 19.4 Å². The van der Waals surface area contributed by atoms with Crippen LogP contribution in [0.2, 0.25) is 0 Å². The third-order valence-corrected chi connectivity index (χ3v) is 3.28. The molecule has 1 aromatic carbocycles. The van der Waals surface area contributed by atoms with Gasteiger partial charge in [-0.2, -0.15) is 0 Å². The highest BCUT2D eigenvalue weighted by Gasteiger charge is 2.32. The Kier molecular flexibility index (Phi) is 4.32. The molecule has 0 aliphatic carbocycles. The van der Waals surface area contributed by atoms with Crippen LogP contribution in [0.1, 0.15) is 26.7 Å². The summed E-state index contributed by atoms with van der Waals surface area (Å²) in [5.74, 6) is -4.43. The van der Waals surface area contributed by atoms with Gasteiger partial charge in [-0.25, -0.2) is 13.2 Å². The smallest absolute Gasteiger partial charge is 0.244 e. The lowest BCUT2D eigenvalue weighted by atomic mass is 10.0. The maximum absolute atomic E-state index is 13.8. The summed E-state index contributed by atoms with van der Waals surface area (Å²) in [6.07, 6.45) is 1.33. The van der Waals surface area contributed by atoms with Crippen molar-refractivity contribution < 1.29 is 18.0 Å². The van der Waals surface area contributed by atoms with Gasteiger partial charge in [0.2, 0.25) is 5.91 Å². The molecule has 1 N–H and O–H groups in total. The summed E-state index contributed by atoms with van der Waals surface area (Å²) >= 11 is 0. The number of piperidine rings is 1. The van der Waals surface area contributed by atoms with Crippen molar-refractivity contribution in [1.82, 2.24) is 5.32 Å². The molecule has 110 valence electrons. The number of rotatable bonds is 3. The first-order valence-corrected chi connectivity index (χ1v) is 6.62. The van der Waals surface area contributed by atoms with E-state index in [1.54, 1.807) is 0 Å². The van der Waals surface area contributed by atoms with Gasteiger partial charge in [-0.3, -0.25) is 4.79 Å². The van der Waals surface area contributed by atoms with Gasteiger partial charge in [-0.1, -0.05) is 13.8 Å². The highest BCUT2D eigenvalue weighted by molar-refractivity contribution is 5.98. The molecule has 0 aromatic heterocycles. The molecule has 6 heteroatoms. The first-order valence-electron chi connectivity index (χ1n) is 6.62. The molecule has 1 unspecified atom stereocenters. The number of anilines is 1. The number of carbonyl (C=O) groups excluding carboxylic acids is 1. The molecule has 1 aromatic rings. The fourth-order valence-electron chi connectivity index (χ4n) is 2.40. The van der Waals surface area contributed by atoms with Gasteiger partial charge in [0.25, 0.3) is 0 Å². The summed E-state index contributed by atoms with van der Waals surface area (Å²) in [5.41, 5.74) is -0.204. The van der Waals surface area contributed by atoms with Crippen LogP contribution in [0.3, 0.4) is 0 Å². The van der Waals surface area contributed by atoms with Crippen LogP contribution >= 0.6 is 0 Å². The monoisotopic (exact) mass is 286 g/mol. The Morgan fingerprint density at radius 1 is 1.25 bits per heavy atom. The van der Waals surface area contributed by atoms with Gasteiger partial charge in [0, 0.05) is 12.6 Å². The van der Waals surface area contributed by atoms with Crippen LogP contribution < -0.4 is 10.2 Å². The lowest BCUT2D eigenvalue weighted by molar-refractivity contribution is -0.122. The van der Waals surface area contributed by atoms with Crippen LogP contribution in [0.5, 0.6) is 0 Å². The number of hydrogen-bond donors (Lipinski definition) is 1. The molecule has 3 nitrogen and oxygen atoms in total. The molecule has 1 atom stereocenters. The Morgan fingerprint density at radius 3 is 2.60 bits per heavy atom. The van der Waals surface area contributed by atoms with Crippen molar-refractivity contribution in [1.29, 1.82) is 0 Å². The lowest BCUT2D eigenvalue weighted by Crippen LogP contribution is -2.52. The Morgan fingerprint density at radius 2 is 1.95 bits per heavy atom. The van der Waals surface area contributed by atoms with Gasteiger partial charge in [0.05, 0.1) is 11.7 Å². The minimum atomic E-state index is -1.55. The zero-order chi connectivity index (χ0) is 14.9. The maximum Gasteiger partial charge on any atom is 0.244 e. The van der Waals surface area contributed by atoms with Gasteiger partial charge in [0.15, 0.2) is 17.5 Å². The molecule has 20 heavy (non-hydrogen) atoms. The number of benzene rings is 1. The average Bonchev–Trinajstić information content (AvgIpc) is 2.39. The molecular formula is C14H17F3N2O. The van der Waals surface area contributed by atoms with Crippen molar-refractivity contribution in [2.75, 3.05) is 11.4 Å². The van der Waals surface area contributed by atoms with E-state index in [1.807, 2.05) is 13.8 Å². The summed E-state index contributed by atoms with van der Waals surface area (Å²) in [5, 5.41) is 3.10. The molecule has 1 aliphatic heterocycles. The van der Waals surface area contributed by atoms with Crippen molar-refractivity contribution in [3.05, 3.63) is 29.6 Å². The topological polar surface area (TPSA) is 32.3 Å². The molecule has 1 amide bonds. The van der Waals surface area contributed by atoms with Crippen LogP contribution in [0.25, 0.3) is 0 Å². The van der Waals surface area contributed by atoms with Crippen LogP contribution in [0.4, 0.5) is 18.9 Å². The lowest BCUT2D eigenvalue weighted by Gasteiger charge is -2.33. The van der Waals surface area contributed by atoms with E-state index in [2.05, 4.69) is 5.32 Å².